The summed E-state index contributed by atoms with van der Waals surface area (Å²) in [4.78, 5) is 12.6. The Kier molecular flexibility index (Phi) is 7.05. The van der Waals surface area contributed by atoms with Crippen molar-refractivity contribution in [1.29, 1.82) is 5.26 Å². The highest BCUT2D eigenvalue weighted by Crippen LogP contribution is 2.24. The molecule has 3 rings (SSSR count). The molecule has 3 aromatic rings. The van der Waals surface area contributed by atoms with Crippen molar-refractivity contribution in [2.75, 3.05) is 5.32 Å². The minimum atomic E-state index is -0.457. The number of amides is 1. The summed E-state index contributed by atoms with van der Waals surface area (Å²) in [6, 6.07) is 22.8. The van der Waals surface area contributed by atoms with Crippen molar-refractivity contribution in [3.63, 3.8) is 0 Å². The molecule has 0 atom stereocenters. The van der Waals surface area contributed by atoms with Crippen LogP contribution < -0.4 is 10.1 Å². The van der Waals surface area contributed by atoms with Gasteiger partial charge in [0.05, 0.1) is 0 Å². The van der Waals surface area contributed by atoms with E-state index in [1.165, 1.54) is 0 Å². The zero-order valence-electron chi connectivity index (χ0n) is 16.8. The minimum Gasteiger partial charge on any atom is -0.488 e. The first-order valence-electron chi connectivity index (χ1n) is 9.43. The van der Waals surface area contributed by atoms with Crippen molar-refractivity contribution in [3.05, 3.63) is 99.0 Å². The third-order valence-electron chi connectivity index (χ3n) is 4.69. The molecule has 1 amide bonds. The number of aryl methyl sites for hydroxylation is 2. The molecule has 0 saturated heterocycles. The minimum absolute atomic E-state index is 0.00479. The van der Waals surface area contributed by atoms with E-state index in [1.54, 1.807) is 6.08 Å². The monoisotopic (exact) mass is 460 g/mol. The van der Waals surface area contributed by atoms with E-state index in [0.717, 1.165) is 21.2 Å². The molecule has 0 saturated carbocycles. The van der Waals surface area contributed by atoms with Gasteiger partial charge in [-0.15, -0.1) is 0 Å². The van der Waals surface area contributed by atoms with Gasteiger partial charge >= 0.3 is 0 Å². The second kappa shape index (κ2) is 9.91. The van der Waals surface area contributed by atoms with Crippen LogP contribution in [0, 0.1) is 25.2 Å². The smallest absolute Gasteiger partial charge is 0.266 e. The van der Waals surface area contributed by atoms with Crippen LogP contribution in [-0.2, 0) is 11.4 Å². The van der Waals surface area contributed by atoms with Crippen LogP contribution in [0.25, 0.3) is 6.08 Å². The van der Waals surface area contributed by atoms with Gasteiger partial charge in [-0.05, 0) is 55.3 Å². The molecular weight excluding hydrogens is 440 g/mol. The predicted molar refractivity (Wildman–Crippen MR) is 123 cm³/mol. The average Bonchev–Trinajstić information content (AvgIpc) is 2.74. The number of halogens is 1. The van der Waals surface area contributed by atoms with Gasteiger partial charge in [-0.2, -0.15) is 5.26 Å². The van der Waals surface area contributed by atoms with E-state index in [2.05, 4.69) is 21.2 Å². The summed E-state index contributed by atoms with van der Waals surface area (Å²) in [6.45, 7) is 4.35. The van der Waals surface area contributed by atoms with Crippen LogP contribution >= 0.6 is 15.9 Å². The van der Waals surface area contributed by atoms with Gasteiger partial charge in [0, 0.05) is 21.3 Å². The van der Waals surface area contributed by atoms with Gasteiger partial charge in [0.1, 0.15) is 24.0 Å². The van der Waals surface area contributed by atoms with Crippen molar-refractivity contribution >= 4 is 33.6 Å². The fourth-order valence-corrected chi connectivity index (χ4v) is 3.22. The number of carbonyl (C=O) groups excluding carboxylic acids is 1. The lowest BCUT2D eigenvalue weighted by molar-refractivity contribution is -0.112. The Morgan fingerprint density at radius 1 is 1.07 bits per heavy atom. The molecule has 0 heterocycles. The van der Waals surface area contributed by atoms with E-state index in [0.29, 0.717) is 23.6 Å². The van der Waals surface area contributed by atoms with E-state index >= 15 is 0 Å². The lowest BCUT2D eigenvalue weighted by Crippen LogP contribution is -2.13. The lowest BCUT2D eigenvalue weighted by atomic mass is 10.1. The second-order valence-corrected chi connectivity index (χ2v) is 7.70. The largest absolute Gasteiger partial charge is 0.488 e. The zero-order valence-corrected chi connectivity index (χ0v) is 18.4. The summed E-state index contributed by atoms with van der Waals surface area (Å²) >= 11 is 3.51. The van der Waals surface area contributed by atoms with Crippen LogP contribution in [-0.4, -0.2) is 5.91 Å². The first kappa shape index (κ1) is 21.4. The molecule has 0 bridgehead atoms. The van der Waals surface area contributed by atoms with E-state index < -0.39 is 5.91 Å². The third-order valence-corrected chi connectivity index (χ3v) is 5.46. The molecule has 150 valence electrons. The van der Waals surface area contributed by atoms with Gasteiger partial charge < -0.3 is 10.1 Å². The normalized spacial score (nSPS) is 10.9. The second-order valence-electron chi connectivity index (χ2n) is 6.84. The molecule has 0 unspecified atom stereocenters. The van der Waals surface area contributed by atoms with Gasteiger partial charge in [-0.1, -0.05) is 58.4 Å². The van der Waals surface area contributed by atoms with Crippen molar-refractivity contribution in [2.45, 2.75) is 20.5 Å². The third kappa shape index (κ3) is 5.37. The van der Waals surface area contributed by atoms with E-state index in [9.17, 15) is 10.1 Å². The molecule has 30 heavy (non-hydrogen) atoms. The Morgan fingerprint density at radius 3 is 2.53 bits per heavy atom. The van der Waals surface area contributed by atoms with Crippen LogP contribution in [0.15, 0.2) is 76.8 Å². The summed E-state index contributed by atoms with van der Waals surface area (Å²) < 4.78 is 6.92. The summed E-state index contributed by atoms with van der Waals surface area (Å²) in [5.74, 6) is 0.140. The fraction of sp³-hybridized carbons (Fsp3) is 0.120. The molecule has 0 fully saturated rings. The number of carbonyl (C=O) groups is 1. The van der Waals surface area contributed by atoms with Crippen molar-refractivity contribution in [3.8, 4) is 11.8 Å². The number of hydrogen-bond acceptors (Lipinski definition) is 3. The molecular formula is C25H21BrN2O2. The van der Waals surface area contributed by atoms with E-state index in [4.69, 9.17) is 4.74 Å². The highest BCUT2D eigenvalue weighted by Gasteiger charge is 2.12. The number of rotatable bonds is 6. The molecule has 0 aliphatic heterocycles. The summed E-state index contributed by atoms with van der Waals surface area (Å²) in [5.41, 5.74) is 4.54. The highest BCUT2D eigenvalue weighted by molar-refractivity contribution is 9.10. The first-order valence-corrected chi connectivity index (χ1v) is 10.2. The number of para-hydroxylation sites is 1. The van der Waals surface area contributed by atoms with Gasteiger partial charge in [0.25, 0.3) is 5.91 Å². The van der Waals surface area contributed by atoms with Gasteiger partial charge in [0.2, 0.25) is 0 Å². The Balaban J connectivity index is 1.80. The molecule has 0 radical (unpaired) electrons. The van der Waals surface area contributed by atoms with Crippen LogP contribution in [0.2, 0.25) is 0 Å². The van der Waals surface area contributed by atoms with Crippen molar-refractivity contribution in [1.82, 2.24) is 0 Å². The fourth-order valence-electron chi connectivity index (χ4n) is 2.82. The zero-order chi connectivity index (χ0) is 21.5. The average molecular weight is 461 g/mol. The summed E-state index contributed by atoms with van der Waals surface area (Å²) in [7, 11) is 0. The topological polar surface area (TPSA) is 62.1 Å². The van der Waals surface area contributed by atoms with Crippen LogP contribution in [0.3, 0.4) is 0 Å². The van der Waals surface area contributed by atoms with Crippen LogP contribution in [0.4, 0.5) is 5.69 Å². The quantitative estimate of drug-likeness (QED) is 0.352. The molecule has 0 aliphatic carbocycles. The van der Waals surface area contributed by atoms with Crippen LogP contribution in [0.1, 0.15) is 22.3 Å². The SMILES string of the molecule is Cc1ccc(NC(=O)/C(C#N)=C/c2ccccc2OCc2ccccc2Br)cc1C. The lowest BCUT2D eigenvalue weighted by Gasteiger charge is -2.11. The van der Waals surface area contributed by atoms with Crippen LogP contribution in [0.5, 0.6) is 5.75 Å². The molecule has 3 aromatic carbocycles. The number of benzene rings is 3. The molecule has 0 aromatic heterocycles. The standard InChI is InChI=1S/C25H21BrN2O2/c1-17-11-12-22(13-18(17)2)28-25(29)21(15-27)14-19-7-4-6-10-24(19)30-16-20-8-3-5-9-23(20)26/h3-14H,16H2,1-2H3,(H,28,29)/b21-14+. The molecule has 4 nitrogen and oxygen atoms in total. The number of hydrogen-bond donors (Lipinski definition) is 1. The van der Waals surface area contributed by atoms with E-state index in [1.807, 2.05) is 86.6 Å². The Hall–Kier alpha value is -3.36. The Morgan fingerprint density at radius 2 is 1.80 bits per heavy atom. The molecule has 0 aliphatic rings. The van der Waals surface area contributed by atoms with Crippen molar-refractivity contribution in [2.24, 2.45) is 0 Å². The predicted octanol–water partition coefficient (Wildman–Crippen LogP) is 6.19. The van der Waals surface area contributed by atoms with Gasteiger partial charge in [-0.25, -0.2) is 0 Å². The van der Waals surface area contributed by atoms with E-state index in [-0.39, 0.29) is 5.57 Å². The number of nitrogens with one attached hydrogen (secondary N) is 1. The molecule has 1 N–H and O–H groups in total. The highest BCUT2D eigenvalue weighted by atomic mass is 79.9. The summed E-state index contributed by atoms with van der Waals surface area (Å²) in [6.07, 6.45) is 1.55. The molecule has 5 heteroatoms. The van der Waals surface area contributed by atoms with Gasteiger partial charge in [0.15, 0.2) is 0 Å². The number of nitrogens with zero attached hydrogens (tertiary/aromatic N) is 1. The number of anilines is 1. The maximum Gasteiger partial charge on any atom is 0.266 e. The summed E-state index contributed by atoms with van der Waals surface area (Å²) in [5, 5.41) is 12.3. The number of nitriles is 1. The maximum atomic E-state index is 12.6. The number of ether oxygens (including phenoxy) is 1. The van der Waals surface area contributed by atoms with Crippen molar-refractivity contribution < 1.29 is 9.53 Å². The Bertz CT molecular complexity index is 1150. The van der Waals surface area contributed by atoms with Gasteiger partial charge in [-0.3, -0.25) is 4.79 Å². The molecule has 0 spiro atoms. The Labute approximate surface area is 184 Å². The maximum absolute atomic E-state index is 12.6. The first-order chi connectivity index (χ1) is 14.5.